The fourth-order valence-corrected chi connectivity index (χ4v) is 2.80. The fraction of sp³-hybridized carbons (Fsp3) is 0.500. The van der Waals surface area contributed by atoms with E-state index in [2.05, 4.69) is 5.32 Å². The molecule has 0 atom stereocenters. The van der Waals surface area contributed by atoms with Crippen molar-refractivity contribution in [2.24, 2.45) is 17.6 Å². The van der Waals surface area contributed by atoms with Crippen molar-refractivity contribution in [3.8, 4) is 0 Å². The Bertz CT molecular complexity index is 511. The molecule has 1 aromatic rings. The Hall–Kier alpha value is -1.91. The van der Waals surface area contributed by atoms with Gasteiger partial charge < -0.3 is 11.1 Å². The van der Waals surface area contributed by atoms with Gasteiger partial charge in [-0.1, -0.05) is 12.1 Å². The summed E-state index contributed by atoms with van der Waals surface area (Å²) in [6.45, 7) is 0.611. The number of rotatable bonds is 5. The van der Waals surface area contributed by atoms with Crippen LogP contribution in [-0.2, 0) is 16.0 Å². The maximum Gasteiger partial charge on any atom is 0.224 e. The predicted octanol–water partition coefficient (Wildman–Crippen LogP) is 1.78. The smallest absolute Gasteiger partial charge is 0.224 e. The maximum absolute atomic E-state index is 13.0. The minimum Gasteiger partial charge on any atom is -0.369 e. The molecule has 0 aromatic heterocycles. The summed E-state index contributed by atoms with van der Waals surface area (Å²) in [5, 5.41) is 2.89. The van der Waals surface area contributed by atoms with Crippen LogP contribution in [0.4, 0.5) is 4.39 Å². The minimum absolute atomic E-state index is 0.00996. The van der Waals surface area contributed by atoms with Crippen molar-refractivity contribution < 1.29 is 14.0 Å². The van der Waals surface area contributed by atoms with E-state index in [0.717, 1.165) is 25.7 Å². The first-order chi connectivity index (χ1) is 10.0. The molecule has 2 rings (SSSR count). The lowest BCUT2D eigenvalue weighted by Gasteiger charge is -2.26. The second kappa shape index (κ2) is 7.20. The van der Waals surface area contributed by atoms with Gasteiger partial charge in [0.25, 0.3) is 0 Å². The first-order valence-corrected chi connectivity index (χ1v) is 7.35. The highest BCUT2D eigenvalue weighted by Gasteiger charge is 2.24. The molecule has 0 radical (unpaired) electrons. The number of amides is 2. The molecule has 0 heterocycles. The van der Waals surface area contributed by atoms with Gasteiger partial charge >= 0.3 is 0 Å². The Morgan fingerprint density at radius 1 is 1.24 bits per heavy atom. The Morgan fingerprint density at radius 2 is 1.95 bits per heavy atom. The first kappa shape index (κ1) is 15.5. The zero-order chi connectivity index (χ0) is 15.2. The third-order valence-corrected chi connectivity index (χ3v) is 4.09. The van der Waals surface area contributed by atoms with E-state index in [9.17, 15) is 14.0 Å². The van der Waals surface area contributed by atoms with Crippen LogP contribution in [0.5, 0.6) is 0 Å². The van der Waals surface area contributed by atoms with Crippen LogP contribution in [0.25, 0.3) is 0 Å². The van der Waals surface area contributed by atoms with E-state index in [1.54, 1.807) is 12.1 Å². The Morgan fingerprint density at radius 3 is 2.57 bits per heavy atom. The molecule has 0 bridgehead atoms. The van der Waals surface area contributed by atoms with Crippen molar-refractivity contribution in [1.82, 2.24) is 5.32 Å². The number of carbonyl (C=O) groups excluding carboxylic acids is 2. The Kier molecular flexibility index (Phi) is 5.31. The molecule has 114 valence electrons. The molecule has 0 unspecified atom stereocenters. The zero-order valence-electron chi connectivity index (χ0n) is 12.0. The van der Waals surface area contributed by atoms with Crippen molar-refractivity contribution in [1.29, 1.82) is 0 Å². The van der Waals surface area contributed by atoms with Gasteiger partial charge in [0.15, 0.2) is 0 Å². The topological polar surface area (TPSA) is 72.2 Å². The van der Waals surface area contributed by atoms with Gasteiger partial charge in [-0.15, -0.1) is 0 Å². The van der Waals surface area contributed by atoms with Crippen LogP contribution >= 0.6 is 0 Å². The predicted molar refractivity (Wildman–Crippen MR) is 77.8 cm³/mol. The number of primary amides is 1. The van der Waals surface area contributed by atoms with Crippen LogP contribution in [-0.4, -0.2) is 18.4 Å². The van der Waals surface area contributed by atoms with Gasteiger partial charge in [-0.2, -0.15) is 0 Å². The molecular weight excluding hydrogens is 271 g/mol. The van der Waals surface area contributed by atoms with E-state index in [1.165, 1.54) is 12.1 Å². The lowest BCUT2D eigenvalue weighted by molar-refractivity contribution is -0.123. The standard InChI is InChI=1S/C16H21FN2O2/c17-14-3-1-2-12(8-14)9-15(20)19-10-11-4-6-13(7-5-11)16(18)21/h1-3,8,11,13H,4-7,9-10H2,(H2,18,21)(H,19,20). The number of benzene rings is 1. The van der Waals surface area contributed by atoms with Crippen LogP contribution in [0.15, 0.2) is 24.3 Å². The van der Waals surface area contributed by atoms with Gasteiger partial charge in [-0.3, -0.25) is 9.59 Å². The Labute approximate surface area is 123 Å². The van der Waals surface area contributed by atoms with Crippen LogP contribution in [0, 0.1) is 17.7 Å². The summed E-state index contributed by atoms with van der Waals surface area (Å²) in [5.41, 5.74) is 5.96. The first-order valence-electron chi connectivity index (χ1n) is 7.35. The van der Waals surface area contributed by atoms with Crippen molar-refractivity contribution in [2.75, 3.05) is 6.54 Å². The van der Waals surface area contributed by atoms with Crippen LogP contribution in [0.1, 0.15) is 31.2 Å². The lowest BCUT2D eigenvalue weighted by atomic mass is 9.81. The van der Waals surface area contributed by atoms with Crippen LogP contribution < -0.4 is 11.1 Å². The molecule has 0 saturated heterocycles. The van der Waals surface area contributed by atoms with Crippen molar-refractivity contribution in [3.05, 3.63) is 35.6 Å². The van der Waals surface area contributed by atoms with E-state index in [1.807, 2.05) is 0 Å². The van der Waals surface area contributed by atoms with Crippen molar-refractivity contribution in [3.63, 3.8) is 0 Å². The summed E-state index contributed by atoms with van der Waals surface area (Å²) in [6, 6.07) is 6.07. The summed E-state index contributed by atoms with van der Waals surface area (Å²) in [7, 11) is 0. The van der Waals surface area contributed by atoms with E-state index < -0.39 is 0 Å². The molecule has 3 N–H and O–H groups in total. The second-order valence-corrected chi connectivity index (χ2v) is 5.73. The zero-order valence-corrected chi connectivity index (χ0v) is 12.0. The average molecular weight is 292 g/mol. The van der Waals surface area contributed by atoms with E-state index >= 15 is 0 Å². The minimum atomic E-state index is -0.329. The molecule has 1 aromatic carbocycles. The Balaban J connectivity index is 1.71. The lowest BCUT2D eigenvalue weighted by Crippen LogP contribution is -2.34. The third kappa shape index (κ3) is 4.85. The normalized spacial score (nSPS) is 21.8. The molecule has 2 amide bonds. The van der Waals surface area contributed by atoms with Crippen LogP contribution in [0.2, 0.25) is 0 Å². The average Bonchev–Trinajstić information content (AvgIpc) is 2.45. The number of nitrogens with two attached hydrogens (primary N) is 1. The second-order valence-electron chi connectivity index (χ2n) is 5.73. The number of hydrogen-bond donors (Lipinski definition) is 2. The quantitative estimate of drug-likeness (QED) is 0.868. The number of hydrogen-bond acceptors (Lipinski definition) is 2. The molecule has 0 aliphatic heterocycles. The maximum atomic E-state index is 13.0. The monoisotopic (exact) mass is 292 g/mol. The summed E-state index contributed by atoms with van der Waals surface area (Å²) in [6.07, 6.45) is 3.62. The third-order valence-electron chi connectivity index (χ3n) is 4.09. The molecular formula is C16H21FN2O2. The summed E-state index contributed by atoms with van der Waals surface area (Å²) in [5.74, 6) is -0.257. The van der Waals surface area contributed by atoms with Gasteiger partial charge in [0, 0.05) is 12.5 Å². The number of halogens is 1. The number of nitrogens with one attached hydrogen (secondary N) is 1. The van der Waals surface area contributed by atoms with Gasteiger partial charge in [0.05, 0.1) is 6.42 Å². The van der Waals surface area contributed by atoms with Crippen molar-refractivity contribution in [2.45, 2.75) is 32.1 Å². The molecule has 1 fully saturated rings. The summed E-state index contributed by atoms with van der Waals surface area (Å²) < 4.78 is 13.0. The van der Waals surface area contributed by atoms with Gasteiger partial charge in [-0.25, -0.2) is 4.39 Å². The molecule has 1 aliphatic rings. The SMILES string of the molecule is NC(=O)C1CCC(CNC(=O)Cc2cccc(F)c2)CC1. The van der Waals surface area contributed by atoms with E-state index in [4.69, 9.17) is 5.73 Å². The number of carbonyl (C=O) groups is 2. The van der Waals surface area contributed by atoms with Crippen LogP contribution in [0.3, 0.4) is 0 Å². The highest BCUT2D eigenvalue weighted by molar-refractivity contribution is 5.78. The molecule has 21 heavy (non-hydrogen) atoms. The molecule has 5 heteroatoms. The molecule has 1 saturated carbocycles. The van der Waals surface area contributed by atoms with E-state index in [-0.39, 0.29) is 30.0 Å². The van der Waals surface area contributed by atoms with E-state index in [0.29, 0.717) is 18.0 Å². The highest BCUT2D eigenvalue weighted by atomic mass is 19.1. The van der Waals surface area contributed by atoms with Crippen molar-refractivity contribution >= 4 is 11.8 Å². The fourth-order valence-electron chi connectivity index (χ4n) is 2.80. The molecule has 0 spiro atoms. The van der Waals surface area contributed by atoms with Gasteiger partial charge in [0.2, 0.25) is 11.8 Å². The highest BCUT2D eigenvalue weighted by Crippen LogP contribution is 2.28. The molecule has 1 aliphatic carbocycles. The van der Waals surface area contributed by atoms with Gasteiger partial charge in [0.1, 0.15) is 5.82 Å². The molecule has 4 nitrogen and oxygen atoms in total. The largest absolute Gasteiger partial charge is 0.369 e. The summed E-state index contributed by atoms with van der Waals surface area (Å²) in [4.78, 5) is 22.9. The summed E-state index contributed by atoms with van der Waals surface area (Å²) >= 11 is 0. The van der Waals surface area contributed by atoms with Gasteiger partial charge in [-0.05, 0) is 49.3 Å².